The summed E-state index contributed by atoms with van der Waals surface area (Å²) in [7, 11) is 0. The van der Waals surface area contributed by atoms with E-state index < -0.39 is 12.3 Å². The molecule has 0 aromatic carbocycles. The first kappa shape index (κ1) is 15.5. The van der Waals surface area contributed by atoms with Gasteiger partial charge in [0.05, 0.1) is 11.5 Å². The van der Waals surface area contributed by atoms with Gasteiger partial charge in [0.1, 0.15) is 11.6 Å². The van der Waals surface area contributed by atoms with E-state index in [1.807, 2.05) is 17.5 Å². The lowest BCUT2D eigenvalue weighted by Crippen LogP contribution is -2.20. The van der Waals surface area contributed by atoms with E-state index in [4.69, 9.17) is 16.3 Å². The van der Waals surface area contributed by atoms with Crippen LogP contribution in [0.15, 0.2) is 17.5 Å². The number of thiophene rings is 1. The van der Waals surface area contributed by atoms with E-state index in [0.717, 1.165) is 4.88 Å². The fourth-order valence-corrected chi connectivity index (χ4v) is 3.66. The van der Waals surface area contributed by atoms with Crippen LogP contribution in [0.3, 0.4) is 0 Å². The molecule has 4 heterocycles. The topological polar surface area (TPSA) is 73.1 Å². The Morgan fingerprint density at radius 2 is 2.29 bits per heavy atom. The molecule has 0 unspecified atom stereocenters. The van der Waals surface area contributed by atoms with E-state index in [1.165, 1.54) is 0 Å². The quantitative estimate of drug-likeness (QED) is 0.562. The Morgan fingerprint density at radius 1 is 1.42 bits per heavy atom. The number of aliphatic hydroxyl groups is 1. The monoisotopic (exact) mass is 360 g/mol. The Labute approximate surface area is 147 Å². The first-order chi connectivity index (χ1) is 11.7. The van der Waals surface area contributed by atoms with Crippen LogP contribution in [0.2, 0.25) is 5.15 Å². The minimum atomic E-state index is -0.629. The normalized spacial score (nSPS) is 20.3. The van der Waals surface area contributed by atoms with Gasteiger partial charge in [0.25, 0.3) is 0 Å². The summed E-state index contributed by atoms with van der Waals surface area (Å²) in [6.45, 7) is 2.19. The highest BCUT2D eigenvalue weighted by Crippen LogP contribution is 2.36. The van der Waals surface area contributed by atoms with Crippen molar-refractivity contribution in [2.45, 2.75) is 25.7 Å². The molecule has 24 heavy (non-hydrogen) atoms. The van der Waals surface area contributed by atoms with Crippen LogP contribution >= 0.6 is 22.9 Å². The predicted molar refractivity (Wildman–Crippen MR) is 91.8 cm³/mol. The molecule has 0 spiro atoms. The lowest BCUT2D eigenvalue weighted by Gasteiger charge is -2.18. The molecular weight excluding hydrogens is 348 g/mol. The average Bonchev–Trinajstić information content (AvgIpc) is 3.26. The minimum Gasteiger partial charge on any atom is -0.388 e. The SMILES string of the molecule is CC#Cc1nc(Cl)c2nc(-c3cccs3)n([C@@H]3OCC[C@H]3O)c2n1. The van der Waals surface area contributed by atoms with Crippen molar-refractivity contribution in [3.63, 3.8) is 0 Å². The van der Waals surface area contributed by atoms with E-state index in [2.05, 4.69) is 26.8 Å². The van der Waals surface area contributed by atoms with Crippen molar-refractivity contribution in [1.82, 2.24) is 19.5 Å². The molecule has 0 bridgehead atoms. The molecule has 8 heteroatoms. The molecule has 1 N–H and O–H groups in total. The van der Waals surface area contributed by atoms with Gasteiger partial charge in [0.15, 0.2) is 22.9 Å². The number of aliphatic hydroxyl groups excluding tert-OH is 1. The second-order valence-corrected chi connectivity index (χ2v) is 6.59. The van der Waals surface area contributed by atoms with Crippen LogP contribution in [0, 0.1) is 11.8 Å². The van der Waals surface area contributed by atoms with Crippen molar-refractivity contribution in [2.75, 3.05) is 6.61 Å². The van der Waals surface area contributed by atoms with E-state index in [0.29, 0.717) is 35.8 Å². The van der Waals surface area contributed by atoms with Crippen molar-refractivity contribution >= 4 is 34.1 Å². The number of imidazole rings is 1. The van der Waals surface area contributed by atoms with Gasteiger partial charge in [0, 0.05) is 6.42 Å². The van der Waals surface area contributed by atoms with Gasteiger partial charge < -0.3 is 9.84 Å². The number of ether oxygens (including phenoxy) is 1. The number of halogens is 1. The summed E-state index contributed by atoms with van der Waals surface area (Å²) in [6, 6.07) is 3.90. The first-order valence-electron chi connectivity index (χ1n) is 7.41. The van der Waals surface area contributed by atoms with Gasteiger partial charge in [-0.2, -0.15) is 0 Å². The van der Waals surface area contributed by atoms with Gasteiger partial charge in [-0.3, -0.25) is 4.57 Å². The smallest absolute Gasteiger partial charge is 0.208 e. The number of rotatable bonds is 2. The summed E-state index contributed by atoms with van der Waals surface area (Å²) in [5.74, 6) is 6.56. The van der Waals surface area contributed by atoms with E-state index in [9.17, 15) is 5.11 Å². The van der Waals surface area contributed by atoms with Crippen LogP contribution < -0.4 is 0 Å². The van der Waals surface area contributed by atoms with Crippen LogP contribution in [-0.2, 0) is 4.74 Å². The first-order valence-corrected chi connectivity index (χ1v) is 8.66. The molecule has 0 aliphatic carbocycles. The van der Waals surface area contributed by atoms with Crippen LogP contribution in [0.25, 0.3) is 21.9 Å². The highest BCUT2D eigenvalue weighted by molar-refractivity contribution is 7.13. The van der Waals surface area contributed by atoms with Crippen LogP contribution in [0.5, 0.6) is 0 Å². The standard InChI is InChI=1S/C16H13ClN4O2S/c1-2-4-11-18-13(17)12-15(19-11)21(16-9(22)6-7-23-16)14(20-12)10-5-3-8-24-10/h3,5,8-9,16,22H,6-7H2,1H3/t9-,16-/m1/s1. The van der Waals surface area contributed by atoms with E-state index >= 15 is 0 Å². The summed E-state index contributed by atoms with van der Waals surface area (Å²) >= 11 is 7.84. The number of hydrogen-bond acceptors (Lipinski definition) is 6. The third kappa shape index (κ3) is 2.48. The Hall–Kier alpha value is -1.98. The molecule has 1 aliphatic rings. The molecule has 2 atom stereocenters. The maximum atomic E-state index is 10.3. The van der Waals surface area contributed by atoms with Gasteiger partial charge in [0.2, 0.25) is 5.82 Å². The van der Waals surface area contributed by atoms with Crippen molar-refractivity contribution < 1.29 is 9.84 Å². The fraction of sp³-hybridized carbons (Fsp3) is 0.312. The molecule has 3 aromatic heterocycles. The van der Waals surface area contributed by atoms with E-state index in [-0.39, 0.29) is 5.15 Å². The Kier molecular flexibility index (Phi) is 3.98. The third-order valence-corrected chi connectivity index (χ3v) is 4.89. The number of fused-ring (bicyclic) bond motifs is 1. The summed E-state index contributed by atoms with van der Waals surface area (Å²) in [5, 5.41) is 12.5. The summed E-state index contributed by atoms with van der Waals surface area (Å²) in [4.78, 5) is 14.2. The van der Waals surface area contributed by atoms with Crippen molar-refractivity contribution in [3.05, 3.63) is 28.5 Å². The second kappa shape index (κ2) is 6.15. The van der Waals surface area contributed by atoms with Gasteiger partial charge >= 0.3 is 0 Å². The van der Waals surface area contributed by atoms with E-state index in [1.54, 1.807) is 22.8 Å². The molecule has 3 aromatic rings. The van der Waals surface area contributed by atoms with Crippen molar-refractivity contribution in [2.24, 2.45) is 0 Å². The van der Waals surface area contributed by atoms with Crippen LogP contribution in [0.1, 0.15) is 25.4 Å². The molecule has 1 saturated heterocycles. The second-order valence-electron chi connectivity index (χ2n) is 5.29. The molecular formula is C16H13ClN4O2S. The Morgan fingerprint density at radius 3 is 2.96 bits per heavy atom. The number of aromatic nitrogens is 4. The number of nitrogens with zero attached hydrogens (tertiary/aromatic N) is 4. The molecule has 6 nitrogen and oxygen atoms in total. The fourth-order valence-electron chi connectivity index (χ4n) is 2.74. The third-order valence-electron chi connectivity index (χ3n) is 3.76. The Bertz CT molecular complexity index is 958. The summed E-state index contributed by atoms with van der Waals surface area (Å²) in [6.07, 6.45) is -0.620. The lowest BCUT2D eigenvalue weighted by atomic mass is 10.2. The molecule has 1 aliphatic heterocycles. The molecule has 0 amide bonds. The maximum Gasteiger partial charge on any atom is 0.208 e. The van der Waals surface area contributed by atoms with Gasteiger partial charge in [-0.05, 0) is 24.3 Å². The largest absolute Gasteiger partial charge is 0.388 e. The highest BCUT2D eigenvalue weighted by Gasteiger charge is 2.33. The number of hydrogen-bond donors (Lipinski definition) is 1. The summed E-state index contributed by atoms with van der Waals surface area (Å²) < 4.78 is 7.53. The zero-order valence-electron chi connectivity index (χ0n) is 12.7. The zero-order valence-corrected chi connectivity index (χ0v) is 14.3. The van der Waals surface area contributed by atoms with Crippen molar-refractivity contribution in [3.8, 4) is 22.5 Å². The Balaban J connectivity index is 2.03. The zero-order chi connectivity index (χ0) is 16.7. The van der Waals surface area contributed by atoms with Gasteiger partial charge in [-0.25, -0.2) is 15.0 Å². The molecule has 0 saturated carbocycles. The minimum absolute atomic E-state index is 0.238. The molecule has 4 rings (SSSR count). The molecule has 0 radical (unpaired) electrons. The van der Waals surface area contributed by atoms with Crippen LogP contribution in [-0.4, -0.2) is 37.3 Å². The van der Waals surface area contributed by atoms with Gasteiger partial charge in [-0.15, -0.1) is 11.3 Å². The average molecular weight is 361 g/mol. The van der Waals surface area contributed by atoms with Crippen LogP contribution in [0.4, 0.5) is 0 Å². The molecule has 1 fully saturated rings. The highest BCUT2D eigenvalue weighted by atomic mass is 35.5. The molecule has 122 valence electrons. The predicted octanol–water partition coefficient (Wildman–Crippen LogP) is 2.86. The maximum absolute atomic E-state index is 10.3. The van der Waals surface area contributed by atoms with Gasteiger partial charge in [-0.1, -0.05) is 23.6 Å². The lowest BCUT2D eigenvalue weighted by molar-refractivity contribution is -0.00513. The summed E-state index contributed by atoms with van der Waals surface area (Å²) in [5.41, 5.74) is 0.992. The van der Waals surface area contributed by atoms with Crippen molar-refractivity contribution in [1.29, 1.82) is 0 Å².